The second-order valence-corrected chi connectivity index (χ2v) is 10.9. The summed E-state index contributed by atoms with van der Waals surface area (Å²) < 4.78 is 14.3. The molecule has 0 fully saturated rings. The van der Waals surface area contributed by atoms with Crippen molar-refractivity contribution in [1.29, 1.82) is 0 Å². The first kappa shape index (κ1) is 22.8. The van der Waals surface area contributed by atoms with Gasteiger partial charge in [0.2, 0.25) is 10.9 Å². The van der Waals surface area contributed by atoms with Gasteiger partial charge in [-0.05, 0) is 56.2 Å². The van der Waals surface area contributed by atoms with Gasteiger partial charge in [-0.25, -0.2) is 0 Å². The molecule has 0 radical (unpaired) electrons. The van der Waals surface area contributed by atoms with Crippen molar-refractivity contribution in [3.63, 3.8) is 0 Å². The number of benzene rings is 1. The number of fused-ring (bicyclic) bond motifs is 2. The van der Waals surface area contributed by atoms with Gasteiger partial charge in [-0.1, -0.05) is 42.0 Å². The van der Waals surface area contributed by atoms with Gasteiger partial charge in [0.25, 0.3) is 5.91 Å². The zero-order valence-electron chi connectivity index (χ0n) is 19.7. The van der Waals surface area contributed by atoms with Gasteiger partial charge in [0.05, 0.1) is 16.8 Å². The minimum Gasteiger partial charge on any atom is -0.501 e. The summed E-state index contributed by atoms with van der Waals surface area (Å²) in [6.07, 6.45) is 9.59. The summed E-state index contributed by atoms with van der Waals surface area (Å²) in [5.41, 5.74) is 4.15. The smallest absolute Gasteiger partial charge is 0.316 e. The van der Waals surface area contributed by atoms with Crippen LogP contribution in [0.3, 0.4) is 0 Å². The molecule has 2 aliphatic carbocycles. The third-order valence-electron chi connectivity index (χ3n) is 7.28. The van der Waals surface area contributed by atoms with E-state index in [1.165, 1.54) is 28.5 Å². The minimum atomic E-state index is -1.63. The van der Waals surface area contributed by atoms with Crippen LogP contribution < -0.4 is 5.56 Å². The van der Waals surface area contributed by atoms with E-state index in [2.05, 4.69) is 35.3 Å². The number of amides is 1. The fraction of sp³-hybridized carbons (Fsp3) is 0.423. The number of nitrogens with zero attached hydrogens (tertiary/aromatic N) is 3. The summed E-state index contributed by atoms with van der Waals surface area (Å²) in [5.74, 6) is -1.16. The highest BCUT2D eigenvalue weighted by molar-refractivity contribution is 7.84. The van der Waals surface area contributed by atoms with Gasteiger partial charge >= 0.3 is 5.56 Å². The van der Waals surface area contributed by atoms with Crippen molar-refractivity contribution in [3.05, 3.63) is 74.7 Å². The zero-order valence-corrected chi connectivity index (χ0v) is 20.5. The van der Waals surface area contributed by atoms with Gasteiger partial charge in [0.15, 0.2) is 5.69 Å². The highest BCUT2D eigenvalue weighted by Crippen LogP contribution is 2.45. The fourth-order valence-corrected chi connectivity index (χ4v) is 6.34. The molecule has 5 rings (SSSR count). The second-order valence-electron chi connectivity index (χ2n) is 9.60. The van der Waals surface area contributed by atoms with E-state index in [-0.39, 0.29) is 28.9 Å². The Morgan fingerprint density at radius 1 is 1.21 bits per heavy atom. The predicted molar refractivity (Wildman–Crippen MR) is 131 cm³/mol. The third-order valence-corrected chi connectivity index (χ3v) is 8.08. The molecule has 3 atom stereocenters. The van der Waals surface area contributed by atoms with Crippen molar-refractivity contribution < 1.29 is 14.1 Å². The first-order valence-electron chi connectivity index (χ1n) is 11.7. The largest absolute Gasteiger partial charge is 0.501 e. The third kappa shape index (κ3) is 3.64. The van der Waals surface area contributed by atoms with Gasteiger partial charge < -0.3 is 14.6 Å². The molecule has 7 nitrogen and oxygen atoms in total. The quantitative estimate of drug-likeness (QED) is 0.681. The van der Waals surface area contributed by atoms with E-state index < -0.39 is 28.0 Å². The van der Waals surface area contributed by atoms with E-state index >= 15 is 0 Å². The van der Waals surface area contributed by atoms with Crippen LogP contribution in [-0.2, 0) is 17.2 Å². The summed E-state index contributed by atoms with van der Waals surface area (Å²) in [6.45, 7) is 4.22. The van der Waals surface area contributed by atoms with Crippen LogP contribution >= 0.6 is 0 Å². The molecule has 2 aromatic rings. The van der Waals surface area contributed by atoms with E-state index in [4.69, 9.17) is 0 Å². The number of carbonyl (C=O) groups excluding carboxylic acids is 1. The van der Waals surface area contributed by atoms with Gasteiger partial charge in [-0.2, -0.15) is 4.98 Å². The normalized spacial score (nSPS) is 22.8. The second kappa shape index (κ2) is 8.65. The number of aromatic hydroxyl groups is 1. The Labute approximate surface area is 201 Å². The summed E-state index contributed by atoms with van der Waals surface area (Å²) in [7, 11) is -1.63. The van der Waals surface area contributed by atoms with Crippen molar-refractivity contribution in [1.82, 2.24) is 14.5 Å². The fourth-order valence-electron chi connectivity index (χ4n) is 5.63. The molecule has 0 saturated heterocycles. The molecule has 1 amide bonds. The molecule has 0 saturated carbocycles. The van der Waals surface area contributed by atoms with Gasteiger partial charge in [-0.15, -0.1) is 0 Å². The van der Waals surface area contributed by atoms with E-state index in [9.17, 15) is 18.9 Å². The van der Waals surface area contributed by atoms with Gasteiger partial charge in [-0.3, -0.25) is 13.8 Å². The van der Waals surface area contributed by atoms with Crippen LogP contribution in [0.2, 0.25) is 0 Å². The average molecular weight is 480 g/mol. The Balaban J connectivity index is 1.78. The Hall–Kier alpha value is -3.00. The lowest BCUT2D eigenvalue weighted by molar-refractivity contribution is 0.0564. The number of carbonyl (C=O) groups is 1. The van der Waals surface area contributed by atoms with Gasteiger partial charge in [0.1, 0.15) is 0 Å². The number of rotatable bonds is 3. The highest BCUT2D eigenvalue weighted by atomic mass is 32.2. The van der Waals surface area contributed by atoms with Crippen LogP contribution in [0.1, 0.15) is 66.7 Å². The van der Waals surface area contributed by atoms with Crippen LogP contribution in [0.5, 0.6) is 5.75 Å². The van der Waals surface area contributed by atoms with Crippen LogP contribution in [0.15, 0.2) is 57.5 Å². The molecule has 0 bridgehead atoms. The lowest BCUT2D eigenvalue weighted by atomic mass is 9.83. The number of hydrogen-bond donors (Lipinski definition) is 1. The van der Waals surface area contributed by atoms with E-state index in [0.29, 0.717) is 6.54 Å². The summed E-state index contributed by atoms with van der Waals surface area (Å²) >= 11 is 0. The molecule has 34 heavy (non-hydrogen) atoms. The SMILES string of the molecule is CC(C)N1C[C@H](C2CC3=C(CCC=C3)Cc3ccccc32)n2c(S(C)=O)nc(=O)c(O)c2C1=O. The average Bonchev–Trinajstić information content (AvgIpc) is 2.97. The highest BCUT2D eigenvalue weighted by Gasteiger charge is 2.42. The summed E-state index contributed by atoms with van der Waals surface area (Å²) in [5, 5.41) is 10.7. The minimum absolute atomic E-state index is 0.0367. The maximum absolute atomic E-state index is 13.4. The van der Waals surface area contributed by atoms with Crippen LogP contribution in [0, 0.1) is 0 Å². The Morgan fingerprint density at radius 3 is 2.71 bits per heavy atom. The molecule has 1 aromatic heterocycles. The Bertz CT molecular complexity index is 1320. The lowest BCUT2D eigenvalue weighted by Crippen LogP contribution is -2.50. The van der Waals surface area contributed by atoms with Crippen LogP contribution in [-0.4, -0.2) is 48.5 Å². The summed E-state index contributed by atoms with van der Waals surface area (Å²) in [6, 6.07) is 7.91. The molecule has 3 aliphatic rings. The van der Waals surface area contributed by atoms with Crippen molar-refractivity contribution in [2.75, 3.05) is 12.8 Å². The van der Waals surface area contributed by atoms with Crippen molar-refractivity contribution in [3.8, 4) is 5.75 Å². The number of allylic oxidation sites excluding steroid dienone is 4. The van der Waals surface area contributed by atoms with Crippen molar-refractivity contribution >= 4 is 16.7 Å². The first-order chi connectivity index (χ1) is 16.3. The van der Waals surface area contributed by atoms with Crippen LogP contribution in [0.25, 0.3) is 0 Å². The molecule has 1 N–H and O–H groups in total. The topological polar surface area (TPSA) is 92.5 Å². The van der Waals surface area contributed by atoms with E-state index in [1.54, 1.807) is 9.47 Å². The van der Waals surface area contributed by atoms with Crippen LogP contribution in [0.4, 0.5) is 0 Å². The summed E-state index contributed by atoms with van der Waals surface area (Å²) in [4.78, 5) is 31.6. The van der Waals surface area contributed by atoms with Crippen molar-refractivity contribution in [2.24, 2.45) is 0 Å². The Morgan fingerprint density at radius 2 is 1.97 bits per heavy atom. The van der Waals surface area contributed by atoms with Crippen molar-refractivity contribution in [2.45, 2.75) is 62.7 Å². The predicted octanol–water partition coefficient (Wildman–Crippen LogP) is 3.47. The maximum Gasteiger partial charge on any atom is 0.316 e. The maximum atomic E-state index is 13.4. The van der Waals surface area contributed by atoms with Gasteiger partial charge in [0, 0.05) is 24.8 Å². The lowest BCUT2D eigenvalue weighted by Gasteiger charge is -2.42. The van der Waals surface area contributed by atoms with E-state index in [1.807, 2.05) is 19.9 Å². The number of aromatic nitrogens is 2. The molecule has 2 unspecified atom stereocenters. The monoisotopic (exact) mass is 479 g/mol. The molecular formula is C26H29N3O4S. The Kier molecular flexibility index (Phi) is 5.80. The standard InChI is InChI=1S/C26H29N3O4S/c1-15(2)28-14-21(29-22(25(28)32)23(30)24(31)27-26(29)34(3)33)20-13-17-9-5-4-8-16(17)12-18-10-6-7-11-19(18)20/h5-7,9-11,15,20-21,30H,4,8,12-14H2,1-3H3/t20?,21-,34?/m1/s1. The first-order valence-corrected chi connectivity index (χ1v) is 13.3. The zero-order chi connectivity index (χ0) is 24.1. The molecule has 1 aliphatic heterocycles. The molecular weight excluding hydrogens is 450 g/mol. The van der Waals surface area contributed by atoms with E-state index in [0.717, 1.165) is 25.7 Å². The molecule has 1 aromatic carbocycles. The molecule has 178 valence electrons. The molecule has 2 heterocycles. The molecule has 0 spiro atoms. The number of hydrogen-bond acceptors (Lipinski definition) is 5. The molecule has 8 heteroatoms.